The van der Waals surface area contributed by atoms with Gasteiger partial charge in [-0.15, -0.1) is 0 Å². The quantitative estimate of drug-likeness (QED) is 0.737. The Bertz CT molecular complexity index is 753. The number of Topliss-reactive ketones (excluding diaryl/α,β-unsaturated/α-hetero) is 1. The van der Waals surface area contributed by atoms with Gasteiger partial charge in [0.05, 0.1) is 19.1 Å². The van der Waals surface area contributed by atoms with Gasteiger partial charge in [0, 0.05) is 6.42 Å². The molecule has 1 fully saturated rings. The van der Waals surface area contributed by atoms with Gasteiger partial charge in [0.1, 0.15) is 18.1 Å². The van der Waals surface area contributed by atoms with Crippen LogP contribution in [0.25, 0.3) is 0 Å². The molecule has 1 aliphatic carbocycles. The first kappa shape index (κ1) is 19.4. The first-order chi connectivity index (χ1) is 12.9. The lowest BCUT2D eigenvalue weighted by Gasteiger charge is -2.37. The summed E-state index contributed by atoms with van der Waals surface area (Å²) in [5.74, 6) is 0.227. The molecule has 0 aromatic heterocycles. The lowest BCUT2D eigenvalue weighted by Crippen LogP contribution is -2.43. The minimum absolute atomic E-state index is 0.0355. The van der Waals surface area contributed by atoms with Gasteiger partial charge in [0.15, 0.2) is 6.10 Å². The van der Waals surface area contributed by atoms with Crippen LogP contribution >= 0.6 is 0 Å². The van der Waals surface area contributed by atoms with Crippen molar-refractivity contribution < 1.29 is 28.5 Å². The van der Waals surface area contributed by atoms with Gasteiger partial charge < -0.3 is 18.9 Å². The van der Waals surface area contributed by atoms with Crippen molar-refractivity contribution in [2.75, 3.05) is 7.11 Å². The number of ether oxygens (including phenoxy) is 4. The maximum absolute atomic E-state index is 12.9. The molecule has 6 nitrogen and oxygen atoms in total. The number of rotatable bonds is 5. The van der Waals surface area contributed by atoms with Crippen LogP contribution in [0, 0.1) is 19.8 Å². The summed E-state index contributed by atoms with van der Waals surface area (Å²) in [6.07, 6.45) is 2.27. The SMILES string of the molecule is COC(=O)C(C)OC1CCC2C(=O)C(Oc3cc(C)ccc3C)=COC2C1. The number of benzene rings is 1. The lowest BCUT2D eigenvalue weighted by atomic mass is 9.80. The highest BCUT2D eigenvalue weighted by molar-refractivity contribution is 5.96. The molecule has 1 aromatic carbocycles. The zero-order valence-corrected chi connectivity index (χ0v) is 16.2. The molecule has 3 rings (SSSR count). The largest absolute Gasteiger partial charge is 0.493 e. The van der Waals surface area contributed by atoms with Crippen LogP contribution in [-0.2, 0) is 23.8 Å². The molecule has 0 spiro atoms. The average Bonchev–Trinajstić information content (AvgIpc) is 2.66. The topological polar surface area (TPSA) is 71.1 Å². The first-order valence-corrected chi connectivity index (χ1v) is 9.27. The van der Waals surface area contributed by atoms with Gasteiger partial charge in [0.2, 0.25) is 11.5 Å². The number of aryl methyl sites for hydroxylation is 2. The van der Waals surface area contributed by atoms with Crippen LogP contribution in [0.2, 0.25) is 0 Å². The first-order valence-electron chi connectivity index (χ1n) is 9.27. The fourth-order valence-corrected chi connectivity index (χ4v) is 3.58. The summed E-state index contributed by atoms with van der Waals surface area (Å²) in [5.41, 5.74) is 2.03. The second-order valence-electron chi connectivity index (χ2n) is 7.23. The van der Waals surface area contributed by atoms with E-state index < -0.39 is 12.1 Å². The summed E-state index contributed by atoms with van der Waals surface area (Å²) >= 11 is 0. The number of fused-ring (bicyclic) bond motifs is 1. The lowest BCUT2D eigenvalue weighted by molar-refractivity contribution is -0.161. The summed E-state index contributed by atoms with van der Waals surface area (Å²) in [6, 6.07) is 5.88. The Labute approximate surface area is 159 Å². The molecule has 0 N–H and O–H groups in total. The summed E-state index contributed by atoms with van der Waals surface area (Å²) in [6.45, 7) is 5.59. The molecule has 1 saturated carbocycles. The number of carbonyl (C=O) groups excluding carboxylic acids is 2. The molecular weight excluding hydrogens is 348 g/mol. The summed E-state index contributed by atoms with van der Waals surface area (Å²) in [5, 5.41) is 0. The zero-order valence-electron chi connectivity index (χ0n) is 16.2. The van der Waals surface area contributed by atoms with Gasteiger partial charge in [-0.05, 0) is 50.8 Å². The van der Waals surface area contributed by atoms with Crippen molar-refractivity contribution in [2.45, 2.75) is 58.3 Å². The molecule has 4 unspecified atom stereocenters. The Kier molecular flexibility index (Phi) is 5.85. The minimum atomic E-state index is -0.630. The van der Waals surface area contributed by atoms with Gasteiger partial charge >= 0.3 is 5.97 Å². The van der Waals surface area contributed by atoms with Gasteiger partial charge in [0.25, 0.3) is 0 Å². The molecule has 0 amide bonds. The van der Waals surface area contributed by atoms with Crippen LogP contribution in [0.4, 0.5) is 0 Å². The van der Waals surface area contributed by atoms with E-state index in [0.717, 1.165) is 11.1 Å². The van der Waals surface area contributed by atoms with E-state index in [1.165, 1.54) is 13.4 Å². The van der Waals surface area contributed by atoms with Crippen molar-refractivity contribution in [1.82, 2.24) is 0 Å². The second kappa shape index (κ2) is 8.13. The average molecular weight is 374 g/mol. The summed E-state index contributed by atoms with van der Waals surface area (Å²) < 4.78 is 22.1. The smallest absolute Gasteiger partial charge is 0.334 e. The van der Waals surface area contributed by atoms with Crippen LogP contribution in [-0.4, -0.2) is 37.2 Å². The number of allylic oxidation sites excluding steroid dienone is 1. The molecule has 27 heavy (non-hydrogen) atoms. The molecule has 1 heterocycles. The third-order valence-electron chi connectivity index (χ3n) is 5.17. The van der Waals surface area contributed by atoms with E-state index in [9.17, 15) is 9.59 Å². The van der Waals surface area contributed by atoms with Gasteiger partial charge in [-0.1, -0.05) is 12.1 Å². The Hall–Kier alpha value is -2.34. The Balaban J connectivity index is 1.65. The Morgan fingerprint density at radius 3 is 2.78 bits per heavy atom. The van der Waals surface area contributed by atoms with Crippen molar-refractivity contribution in [2.24, 2.45) is 5.92 Å². The van der Waals surface area contributed by atoms with Crippen molar-refractivity contribution in [3.05, 3.63) is 41.3 Å². The Morgan fingerprint density at radius 2 is 2.04 bits per heavy atom. The third kappa shape index (κ3) is 4.33. The van der Waals surface area contributed by atoms with Crippen molar-refractivity contribution in [1.29, 1.82) is 0 Å². The number of ketones is 1. The predicted molar refractivity (Wildman–Crippen MR) is 98.2 cm³/mol. The van der Waals surface area contributed by atoms with Crippen molar-refractivity contribution >= 4 is 11.8 Å². The standard InChI is InChI=1S/C21H26O6/c1-12-5-6-13(2)17(9-12)27-19-11-25-18-10-15(7-8-16(18)20(19)22)26-14(3)21(23)24-4/h5-6,9,11,14-16,18H,7-8,10H2,1-4H3. The van der Waals surface area contributed by atoms with E-state index in [1.54, 1.807) is 6.92 Å². The molecule has 0 saturated heterocycles. The van der Waals surface area contributed by atoms with E-state index in [1.807, 2.05) is 32.0 Å². The van der Waals surface area contributed by atoms with Crippen LogP contribution in [0.1, 0.15) is 37.3 Å². The van der Waals surface area contributed by atoms with Gasteiger partial charge in [-0.25, -0.2) is 4.79 Å². The monoisotopic (exact) mass is 374 g/mol. The van der Waals surface area contributed by atoms with Crippen molar-refractivity contribution in [3.63, 3.8) is 0 Å². The molecule has 2 aliphatic rings. The molecule has 6 heteroatoms. The van der Waals surface area contributed by atoms with E-state index in [-0.39, 0.29) is 29.7 Å². The normalized spacial score (nSPS) is 25.7. The highest BCUT2D eigenvalue weighted by atomic mass is 16.6. The van der Waals surface area contributed by atoms with Crippen LogP contribution in [0.3, 0.4) is 0 Å². The molecule has 1 aliphatic heterocycles. The zero-order chi connectivity index (χ0) is 19.6. The van der Waals surface area contributed by atoms with E-state index in [0.29, 0.717) is 25.0 Å². The number of hydrogen-bond donors (Lipinski definition) is 0. The molecular formula is C21H26O6. The molecule has 0 bridgehead atoms. The van der Waals surface area contributed by atoms with Crippen molar-refractivity contribution in [3.8, 4) is 5.75 Å². The van der Waals surface area contributed by atoms with Gasteiger partial charge in [-0.2, -0.15) is 0 Å². The minimum Gasteiger partial charge on any atom is -0.493 e. The fourth-order valence-electron chi connectivity index (χ4n) is 3.58. The van der Waals surface area contributed by atoms with Gasteiger partial charge in [-0.3, -0.25) is 4.79 Å². The molecule has 4 atom stereocenters. The fraction of sp³-hybridized carbons (Fsp3) is 0.524. The summed E-state index contributed by atoms with van der Waals surface area (Å²) in [4.78, 5) is 24.4. The highest BCUT2D eigenvalue weighted by Crippen LogP contribution is 2.36. The van der Waals surface area contributed by atoms with E-state index in [4.69, 9.17) is 18.9 Å². The molecule has 146 valence electrons. The molecule has 0 radical (unpaired) electrons. The predicted octanol–water partition coefficient (Wildman–Crippen LogP) is 3.24. The number of hydrogen-bond acceptors (Lipinski definition) is 6. The number of methoxy groups -OCH3 is 1. The third-order valence-corrected chi connectivity index (χ3v) is 5.17. The van der Waals surface area contributed by atoms with E-state index in [2.05, 4.69) is 0 Å². The van der Waals surface area contributed by atoms with Crippen LogP contribution < -0.4 is 4.74 Å². The molecule has 1 aromatic rings. The second-order valence-corrected chi connectivity index (χ2v) is 7.23. The van der Waals surface area contributed by atoms with Crippen LogP contribution in [0.5, 0.6) is 5.75 Å². The number of carbonyl (C=O) groups is 2. The van der Waals surface area contributed by atoms with E-state index >= 15 is 0 Å². The number of esters is 1. The summed E-state index contributed by atoms with van der Waals surface area (Å²) in [7, 11) is 1.34. The maximum atomic E-state index is 12.9. The maximum Gasteiger partial charge on any atom is 0.334 e. The Morgan fingerprint density at radius 1 is 1.26 bits per heavy atom. The van der Waals surface area contributed by atoms with Crippen LogP contribution in [0.15, 0.2) is 30.2 Å². The highest BCUT2D eigenvalue weighted by Gasteiger charge is 2.42.